The van der Waals surface area contributed by atoms with E-state index in [0.29, 0.717) is 0 Å². The van der Waals surface area contributed by atoms with Gasteiger partial charge in [-0.15, -0.1) is 0 Å². The van der Waals surface area contributed by atoms with Gasteiger partial charge in [0.1, 0.15) is 0 Å². The van der Waals surface area contributed by atoms with Gasteiger partial charge in [0, 0.05) is 17.1 Å². The van der Waals surface area contributed by atoms with Crippen molar-refractivity contribution < 1.29 is 57.3 Å². The van der Waals surface area contributed by atoms with Crippen LogP contribution in [0.1, 0.15) is 0 Å². The predicted octanol–water partition coefficient (Wildman–Crippen LogP) is -3.15. The summed E-state index contributed by atoms with van der Waals surface area (Å²) >= 11 is 0. The quantitative estimate of drug-likeness (QED) is 0.292. The molecule has 0 aromatic rings. The Hall–Kier alpha value is -0.701. The Kier molecular flexibility index (Phi) is 15.0. The van der Waals surface area contributed by atoms with Gasteiger partial charge in [-0.1, -0.05) is 0 Å². The van der Waals surface area contributed by atoms with Crippen LogP contribution >= 0.6 is 0 Å². The first-order chi connectivity index (χ1) is 6.36. The van der Waals surface area contributed by atoms with Crippen LogP contribution in [0.2, 0.25) is 0 Å². The third-order valence-corrected chi connectivity index (χ3v) is 0.916. The van der Waals surface area contributed by atoms with Crippen LogP contribution in [0.3, 0.4) is 0 Å². The summed E-state index contributed by atoms with van der Waals surface area (Å²) < 4.78 is 0. The molecular formula is C6H12FeO8. The number of hydrogen-bond acceptors (Lipinski definition) is 6. The molecule has 0 aliphatic carbocycles. The van der Waals surface area contributed by atoms with Gasteiger partial charge in [-0.3, -0.25) is 0 Å². The molecule has 0 radical (unpaired) electrons. The monoisotopic (exact) mass is 268 g/mol. The summed E-state index contributed by atoms with van der Waals surface area (Å²) in [6.45, 7) is -1.45. The first-order valence-corrected chi connectivity index (χ1v) is 3.40. The fourth-order valence-corrected chi connectivity index (χ4v) is 0.156. The van der Waals surface area contributed by atoms with Gasteiger partial charge in [-0.05, 0) is 0 Å². The number of aliphatic hydroxyl groups is 4. The molecule has 2 unspecified atom stereocenters. The largest absolute Gasteiger partial charge is 0.479 e. The molecule has 0 bridgehead atoms. The van der Waals surface area contributed by atoms with Crippen LogP contribution in [0.5, 0.6) is 0 Å². The van der Waals surface area contributed by atoms with Gasteiger partial charge in [0.2, 0.25) is 0 Å². The molecule has 0 aliphatic rings. The van der Waals surface area contributed by atoms with Crippen molar-refractivity contribution >= 4 is 11.9 Å². The smallest absolute Gasteiger partial charge is 0.334 e. The molecule has 15 heavy (non-hydrogen) atoms. The molecule has 0 aromatic heterocycles. The number of hydrogen-bond donors (Lipinski definition) is 6. The van der Waals surface area contributed by atoms with E-state index >= 15 is 0 Å². The van der Waals surface area contributed by atoms with Gasteiger partial charge in [0.05, 0.1) is 13.2 Å². The molecule has 0 spiro atoms. The van der Waals surface area contributed by atoms with Crippen LogP contribution < -0.4 is 0 Å². The van der Waals surface area contributed by atoms with Crippen LogP contribution in [-0.2, 0) is 26.7 Å². The van der Waals surface area contributed by atoms with Crippen LogP contribution in [-0.4, -0.2) is 68.0 Å². The fourth-order valence-electron chi connectivity index (χ4n) is 0.156. The Morgan fingerprint density at radius 1 is 0.867 bits per heavy atom. The average molecular weight is 268 g/mol. The van der Waals surface area contributed by atoms with Crippen molar-refractivity contribution in [2.24, 2.45) is 0 Å². The van der Waals surface area contributed by atoms with Crippen LogP contribution in [0.15, 0.2) is 0 Å². The minimum absolute atomic E-state index is 0. The Morgan fingerprint density at radius 3 is 1.07 bits per heavy atom. The topological polar surface area (TPSA) is 156 Å². The molecule has 92 valence electrons. The van der Waals surface area contributed by atoms with Crippen molar-refractivity contribution in [3.63, 3.8) is 0 Å². The maximum Gasteiger partial charge on any atom is 0.334 e. The first-order valence-electron chi connectivity index (χ1n) is 3.40. The maximum absolute atomic E-state index is 9.52. The van der Waals surface area contributed by atoms with Crippen molar-refractivity contribution in [2.45, 2.75) is 12.2 Å². The third-order valence-electron chi connectivity index (χ3n) is 0.916. The fraction of sp³-hybridized carbons (Fsp3) is 0.667. The SMILES string of the molecule is O=C(O)C(O)CO.O=C(O)C(O)CO.[Fe]. The Morgan fingerprint density at radius 2 is 1.07 bits per heavy atom. The van der Waals surface area contributed by atoms with Gasteiger partial charge < -0.3 is 30.6 Å². The molecule has 6 N–H and O–H groups in total. The number of carbonyl (C=O) groups is 2. The predicted molar refractivity (Wildman–Crippen MR) is 41.5 cm³/mol. The van der Waals surface area contributed by atoms with E-state index in [1.807, 2.05) is 0 Å². The molecule has 0 rings (SSSR count). The zero-order valence-corrected chi connectivity index (χ0v) is 8.53. The minimum Gasteiger partial charge on any atom is -0.479 e. The summed E-state index contributed by atoms with van der Waals surface area (Å²) in [5, 5.41) is 47.5. The zero-order chi connectivity index (χ0) is 11.7. The van der Waals surface area contributed by atoms with Gasteiger partial charge in [-0.2, -0.15) is 0 Å². The van der Waals surface area contributed by atoms with E-state index in [0.717, 1.165) is 0 Å². The summed E-state index contributed by atoms with van der Waals surface area (Å²) in [4.78, 5) is 19.0. The second-order valence-electron chi connectivity index (χ2n) is 2.07. The molecule has 0 saturated carbocycles. The summed E-state index contributed by atoms with van der Waals surface area (Å²) in [7, 11) is 0. The van der Waals surface area contributed by atoms with Gasteiger partial charge in [0.25, 0.3) is 0 Å². The van der Waals surface area contributed by atoms with Crippen molar-refractivity contribution in [3.8, 4) is 0 Å². The summed E-state index contributed by atoms with van der Waals surface area (Å²) in [6, 6.07) is 0. The van der Waals surface area contributed by atoms with E-state index in [9.17, 15) is 9.59 Å². The van der Waals surface area contributed by atoms with Crippen molar-refractivity contribution in [3.05, 3.63) is 0 Å². The molecule has 9 heteroatoms. The Labute approximate surface area is 95.3 Å². The van der Waals surface area contributed by atoms with E-state index in [-0.39, 0.29) is 17.1 Å². The van der Waals surface area contributed by atoms with Crippen LogP contribution in [0.4, 0.5) is 0 Å². The minimum atomic E-state index is -1.63. The van der Waals surface area contributed by atoms with Crippen molar-refractivity contribution in [2.75, 3.05) is 13.2 Å². The standard InChI is InChI=1S/2C3H6O4.Fe/c2*4-1-2(5)3(6)7;/h2*2,4-5H,1H2,(H,6,7);. The number of rotatable bonds is 4. The summed E-state index contributed by atoms with van der Waals surface area (Å²) in [5.41, 5.74) is 0. The van der Waals surface area contributed by atoms with E-state index in [1.165, 1.54) is 0 Å². The van der Waals surface area contributed by atoms with Crippen molar-refractivity contribution in [1.82, 2.24) is 0 Å². The number of aliphatic carboxylic acids is 2. The maximum atomic E-state index is 9.52. The molecule has 0 saturated heterocycles. The van der Waals surface area contributed by atoms with E-state index in [2.05, 4.69) is 0 Å². The van der Waals surface area contributed by atoms with Crippen LogP contribution in [0, 0.1) is 0 Å². The molecule has 0 amide bonds. The van der Waals surface area contributed by atoms with Crippen molar-refractivity contribution in [1.29, 1.82) is 0 Å². The molecule has 0 fully saturated rings. The second kappa shape index (κ2) is 11.4. The third kappa shape index (κ3) is 13.3. The number of carboxylic acids is 2. The van der Waals surface area contributed by atoms with E-state index in [4.69, 9.17) is 30.6 Å². The molecule has 8 nitrogen and oxygen atoms in total. The zero-order valence-electron chi connectivity index (χ0n) is 7.42. The molecule has 0 heterocycles. The first kappa shape index (κ1) is 19.8. The van der Waals surface area contributed by atoms with Gasteiger partial charge >= 0.3 is 11.9 Å². The number of carboxylic acid groups (broad SMARTS) is 2. The molecule has 0 aliphatic heterocycles. The average Bonchev–Trinajstić information content (AvgIpc) is 2.15. The second-order valence-corrected chi connectivity index (χ2v) is 2.07. The van der Waals surface area contributed by atoms with Crippen LogP contribution in [0.25, 0.3) is 0 Å². The number of aliphatic hydroxyl groups excluding tert-OH is 4. The normalized spacial score (nSPS) is 12.5. The summed E-state index contributed by atoms with van der Waals surface area (Å²) in [5.74, 6) is -2.80. The van der Waals surface area contributed by atoms with E-state index in [1.54, 1.807) is 0 Å². The van der Waals surface area contributed by atoms with Gasteiger partial charge in [-0.25, -0.2) is 9.59 Å². The Bertz CT molecular complexity index is 164. The Balaban J connectivity index is -0.000000180. The molecular weight excluding hydrogens is 256 g/mol. The van der Waals surface area contributed by atoms with E-state index < -0.39 is 37.4 Å². The molecule has 0 aromatic carbocycles. The molecule has 2 atom stereocenters. The summed E-state index contributed by atoms with van der Waals surface area (Å²) in [6.07, 6.45) is -3.25. The van der Waals surface area contributed by atoms with Gasteiger partial charge in [0.15, 0.2) is 12.2 Å².